The third-order valence-electron chi connectivity index (χ3n) is 2.84. The van der Waals surface area contributed by atoms with Crippen LogP contribution < -0.4 is 5.32 Å². The van der Waals surface area contributed by atoms with E-state index in [1.807, 2.05) is 13.0 Å². The first-order valence-corrected chi connectivity index (χ1v) is 5.76. The summed E-state index contributed by atoms with van der Waals surface area (Å²) in [4.78, 5) is 0. The quantitative estimate of drug-likeness (QED) is 0.584. The van der Waals surface area contributed by atoms with E-state index < -0.39 is 0 Å². The Labute approximate surface area is 87.4 Å². The van der Waals surface area contributed by atoms with Crippen LogP contribution in [0.2, 0.25) is 0 Å². The molecular weight excluding hydrogens is 174 g/mol. The van der Waals surface area contributed by atoms with Gasteiger partial charge in [-0.25, -0.2) is 0 Å². The molecule has 2 heteroatoms. The molecule has 2 N–H and O–H groups in total. The van der Waals surface area contributed by atoms with Gasteiger partial charge in [-0.2, -0.15) is 0 Å². The van der Waals surface area contributed by atoms with E-state index in [2.05, 4.69) is 11.9 Å². The fourth-order valence-electron chi connectivity index (χ4n) is 1.78. The molecule has 0 aromatic rings. The Kier molecular flexibility index (Phi) is 5.20. The molecule has 0 bridgehead atoms. The number of aliphatic hydroxyl groups excluding tert-OH is 1. The standard InChI is InChI=1S/C12H23NO/c1-3-4-5-12(11-6-7-11)13-9-8-10(2)14/h3,10-14H,1,4-9H2,2H3. The van der Waals surface area contributed by atoms with E-state index in [1.54, 1.807) is 0 Å². The van der Waals surface area contributed by atoms with Crippen LogP contribution >= 0.6 is 0 Å². The average molecular weight is 197 g/mol. The van der Waals surface area contributed by atoms with E-state index >= 15 is 0 Å². The first-order valence-electron chi connectivity index (χ1n) is 5.76. The zero-order valence-electron chi connectivity index (χ0n) is 9.21. The van der Waals surface area contributed by atoms with Crippen LogP contribution in [0.1, 0.15) is 39.0 Å². The smallest absolute Gasteiger partial charge is 0.0524 e. The molecule has 2 nitrogen and oxygen atoms in total. The number of allylic oxidation sites excluding steroid dienone is 1. The van der Waals surface area contributed by atoms with Crippen LogP contribution in [-0.2, 0) is 0 Å². The highest BCUT2D eigenvalue weighted by Gasteiger charge is 2.29. The summed E-state index contributed by atoms with van der Waals surface area (Å²) in [6.45, 7) is 6.54. The normalized spacial score (nSPS) is 20.4. The van der Waals surface area contributed by atoms with Gasteiger partial charge in [-0.3, -0.25) is 0 Å². The molecule has 0 heterocycles. The lowest BCUT2D eigenvalue weighted by Crippen LogP contribution is -2.33. The second-order valence-corrected chi connectivity index (χ2v) is 4.40. The average Bonchev–Trinajstić information content (AvgIpc) is 2.93. The van der Waals surface area contributed by atoms with Crippen LogP contribution in [0.3, 0.4) is 0 Å². The van der Waals surface area contributed by atoms with Gasteiger partial charge in [0.2, 0.25) is 0 Å². The summed E-state index contributed by atoms with van der Waals surface area (Å²) in [7, 11) is 0. The number of rotatable bonds is 8. The van der Waals surface area contributed by atoms with Crippen molar-refractivity contribution in [2.75, 3.05) is 6.54 Å². The number of aliphatic hydroxyl groups is 1. The summed E-state index contributed by atoms with van der Waals surface area (Å²) in [5.74, 6) is 0.893. The van der Waals surface area contributed by atoms with Crippen LogP contribution in [0.15, 0.2) is 12.7 Å². The van der Waals surface area contributed by atoms with Crippen LogP contribution in [0, 0.1) is 5.92 Å². The molecule has 82 valence electrons. The maximum Gasteiger partial charge on any atom is 0.0524 e. The predicted octanol–water partition coefficient (Wildman–Crippen LogP) is 2.09. The summed E-state index contributed by atoms with van der Waals surface area (Å²) in [5.41, 5.74) is 0. The van der Waals surface area contributed by atoms with Crippen LogP contribution in [0.25, 0.3) is 0 Å². The van der Waals surface area contributed by atoms with E-state index in [9.17, 15) is 0 Å². The summed E-state index contributed by atoms with van der Waals surface area (Å²) in [6.07, 6.45) is 7.73. The second-order valence-electron chi connectivity index (χ2n) is 4.40. The van der Waals surface area contributed by atoms with Gasteiger partial charge < -0.3 is 10.4 Å². The Hall–Kier alpha value is -0.340. The highest BCUT2D eigenvalue weighted by molar-refractivity contribution is 4.87. The SMILES string of the molecule is C=CCCC(NCCC(C)O)C1CC1. The van der Waals surface area contributed by atoms with E-state index in [-0.39, 0.29) is 6.10 Å². The maximum absolute atomic E-state index is 9.14. The third-order valence-corrected chi connectivity index (χ3v) is 2.84. The summed E-state index contributed by atoms with van der Waals surface area (Å²) >= 11 is 0. The molecule has 0 aliphatic heterocycles. The highest BCUT2D eigenvalue weighted by atomic mass is 16.3. The van der Waals surface area contributed by atoms with Gasteiger partial charge in [-0.15, -0.1) is 6.58 Å². The molecule has 0 radical (unpaired) electrons. The van der Waals surface area contributed by atoms with Gasteiger partial charge in [0, 0.05) is 6.04 Å². The monoisotopic (exact) mass is 197 g/mol. The van der Waals surface area contributed by atoms with Crippen molar-refractivity contribution in [3.8, 4) is 0 Å². The Bertz CT molecular complexity index is 164. The lowest BCUT2D eigenvalue weighted by Gasteiger charge is -2.17. The minimum Gasteiger partial charge on any atom is -0.393 e. The molecule has 0 aromatic heterocycles. The molecule has 0 aromatic carbocycles. The Morgan fingerprint density at radius 1 is 1.50 bits per heavy atom. The molecule has 0 amide bonds. The Balaban J connectivity index is 2.11. The number of hydrogen-bond acceptors (Lipinski definition) is 2. The molecule has 0 saturated heterocycles. The minimum atomic E-state index is -0.179. The van der Waals surface area contributed by atoms with Gasteiger partial charge in [0.15, 0.2) is 0 Å². The zero-order valence-corrected chi connectivity index (χ0v) is 9.21. The van der Waals surface area contributed by atoms with Crippen LogP contribution in [-0.4, -0.2) is 23.8 Å². The fraction of sp³-hybridized carbons (Fsp3) is 0.833. The van der Waals surface area contributed by atoms with Crippen molar-refractivity contribution in [3.63, 3.8) is 0 Å². The molecule has 1 aliphatic carbocycles. The zero-order chi connectivity index (χ0) is 10.4. The van der Waals surface area contributed by atoms with Crippen LogP contribution in [0.5, 0.6) is 0 Å². The fourth-order valence-corrected chi connectivity index (χ4v) is 1.78. The van der Waals surface area contributed by atoms with Crippen molar-refractivity contribution in [2.45, 2.75) is 51.2 Å². The molecule has 2 unspecified atom stereocenters. The van der Waals surface area contributed by atoms with Crippen molar-refractivity contribution >= 4 is 0 Å². The Morgan fingerprint density at radius 2 is 2.21 bits per heavy atom. The molecule has 1 rings (SSSR count). The summed E-state index contributed by atoms with van der Waals surface area (Å²) in [6, 6.07) is 0.659. The maximum atomic E-state index is 9.14. The van der Waals surface area contributed by atoms with E-state index in [4.69, 9.17) is 5.11 Å². The predicted molar refractivity (Wildman–Crippen MR) is 60.2 cm³/mol. The van der Waals surface area contributed by atoms with Crippen molar-refractivity contribution in [2.24, 2.45) is 5.92 Å². The number of hydrogen-bond donors (Lipinski definition) is 2. The molecule has 14 heavy (non-hydrogen) atoms. The van der Waals surface area contributed by atoms with Crippen molar-refractivity contribution in [3.05, 3.63) is 12.7 Å². The molecule has 1 saturated carbocycles. The van der Waals surface area contributed by atoms with Gasteiger partial charge in [0.05, 0.1) is 6.10 Å². The number of nitrogens with one attached hydrogen (secondary N) is 1. The Morgan fingerprint density at radius 3 is 2.71 bits per heavy atom. The molecule has 1 fully saturated rings. The van der Waals surface area contributed by atoms with Crippen molar-refractivity contribution in [1.82, 2.24) is 5.32 Å². The van der Waals surface area contributed by atoms with Gasteiger partial charge in [-0.1, -0.05) is 6.08 Å². The topological polar surface area (TPSA) is 32.3 Å². The molecule has 2 atom stereocenters. The molecule has 1 aliphatic rings. The van der Waals surface area contributed by atoms with Crippen molar-refractivity contribution < 1.29 is 5.11 Å². The lowest BCUT2D eigenvalue weighted by molar-refractivity contribution is 0.181. The minimum absolute atomic E-state index is 0.179. The highest BCUT2D eigenvalue weighted by Crippen LogP contribution is 2.34. The van der Waals surface area contributed by atoms with Gasteiger partial charge in [0.25, 0.3) is 0 Å². The van der Waals surface area contributed by atoms with Crippen molar-refractivity contribution in [1.29, 1.82) is 0 Å². The lowest BCUT2D eigenvalue weighted by atomic mass is 10.1. The first-order chi connectivity index (χ1) is 6.74. The molecule has 0 spiro atoms. The summed E-state index contributed by atoms with van der Waals surface area (Å²) in [5, 5.41) is 12.7. The summed E-state index contributed by atoms with van der Waals surface area (Å²) < 4.78 is 0. The van der Waals surface area contributed by atoms with Gasteiger partial charge in [-0.05, 0) is 51.5 Å². The third kappa shape index (κ3) is 4.77. The van der Waals surface area contributed by atoms with Gasteiger partial charge in [0.1, 0.15) is 0 Å². The second kappa shape index (κ2) is 6.20. The van der Waals surface area contributed by atoms with E-state index in [0.29, 0.717) is 6.04 Å². The van der Waals surface area contributed by atoms with E-state index in [1.165, 1.54) is 19.3 Å². The first kappa shape index (κ1) is 11.7. The van der Waals surface area contributed by atoms with Crippen LogP contribution in [0.4, 0.5) is 0 Å². The van der Waals surface area contributed by atoms with Gasteiger partial charge >= 0.3 is 0 Å². The largest absolute Gasteiger partial charge is 0.393 e. The molecular formula is C12H23NO. The van der Waals surface area contributed by atoms with E-state index in [0.717, 1.165) is 25.3 Å².